The van der Waals surface area contributed by atoms with Gasteiger partial charge in [0.05, 0.1) is 0 Å². The van der Waals surface area contributed by atoms with Gasteiger partial charge in [0.1, 0.15) is 1.41 Å². The summed E-state index contributed by atoms with van der Waals surface area (Å²) in [6, 6.07) is 0. The van der Waals surface area contributed by atoms with E-state index in [4.69, 9.17) is 1.41 Å². The smallest absolute Gasteiger partial charge is 0.122 e. The molecule has 0 amide bonds. The second-order valence-corrected chi connectivity index (χ2v) is 3.25. The zero-order valence-electron chi connectivity index (χ0n) is 6.93. The van der Waals surface area contributed by atoms with Crippen LogP contribution in [-0.2, 0) is 0 Å². The SMILES string of the molecule is [2H]N1CCC2(CCN2C)C1. The third kappa shape index (κ3) is 0.634. The summed E-state index contributed by atoms with van der Waals surface area (Å²) in [5.74, 6) is 0. The van der Waals surface area contributed by atoms with Crippen molar-refractivity contribution in [3.05, 3.63) is 0 Å². The van der Waals surface area contributed by atoms with Crippen molar-refractivity contribution in [1.82, 2.24) is 10.2 Å². The second-order valence-electron chi connectivity index (χ2n) is 3.25. The first kappa shape index (κ1) is 4.69. The summed E-state index contributed by atoms with van der Waals surface area (Å²) in [5, 5.41) is 1.69. The first-order valence-corrected chi connectivity index (χ1v) is 3.68. The molecule has 9 heavy (non-hydrogen) atoms. The Hall–Kier alpha value is -0.0800. The quantitative estimate of drug-likeness (QED) is 0.495. The van der Waals surface area contributed by atoms with Crippen LogP contribution in [0.2, 0.25) is 1.41 Å². The van der Waals surface area contributed by atoms with Gasteiger partial charge in [-0.15, -0.1) is 0 Å². The molecule has 2 fully saturated rings. The summed E-state index contributed by atoms with van der Waals surface area (Å²) in [4.78, 5) is 2.39. The summed E-state index contributed by atoms with van der Waals surface area (Å²) in [5.41, 5.74) is 0.418. The van der Waals surface area contributed by atoms with Gasteiger partial charge in [0.2, 0.25) is 0 Å². The van der Waals surface area contributed by atoms with Crippen molar-refractivity contribution in [2.24, 2.45) is 0 Å². The summed E-state index contributed by atoms with van der Waals surface area (Å²) >= 11 is 0. The fourth-order valence-electron chi connectivity index (χ4n) is 1.82. The van der Waals surface area contributed by atoms with Gasteiger partial charge in [0.25, 0.3) is 0 Å². The maximum Gasteiger partial charge on any atom is 0.122 e. The topological polar surface area (TPSA) is 15.3 Å². The molecule has 0 aromatic rings. The van der Waals surface area contributed by atoms with E-state index >= 15 is 0 Å². The third-order valence-corrected chi connectivity index (χ3v) is 2.86. The predicted octanol–water partition coefficient (Wildman–Crippen LogP) is 0.0540. The van der Waals surface area contributed by atoms with E-state index in [2.05, 4.69) is 11.9 Å². The third-order valence-electron chi connectivity index (χ3n) is 2.86. The normalized spacial score (nSPS) is 47.4. The zero-order valence-corrected chi connectivity index (χ0v) is 5.93. The Bertz CT molecular complexity index is 151. The number of hydrogen-bond acceptors (Lipinski definition) is 2. The molecule has 2 saturated heterocycles. The van der Waals surface area contributed by atoms with Crippen molar-refractivity contribution in [2.75, 3.05) is 26.7 Å². The largest absolute Gasteiger partial charge is 0.315 e. The van der Waals surface area contributed by atoms with Crippen LogP contribution >= 0.6 is 0 Å². The van der Waals surface area contributed by atoms with Gasteiger partial charge in [-0.1, -0.05) is 0 Å². The van der Waals surface area contributed by atoms with E-state index in [9.17, 15) is 0 Å². The Morgan fingerprint density at radius 2 is 2.56 bits per heavy atom. The van der Waals surface area contributed by atoms with Crippen molar-refractivity contribution >= 4 is 0 Å². The van der Waals surface area contributed by atoms with Gasteiger partial charge < -0.3 is 5.31 Å². The lowest BCUT2D eigenvalue weighted by Gasteiger charge is -2.48. The predicted molar refractivity (Wildman–Crippen MR) is 37.5 cm³/mol. The van der Waals surface area contributed by atoms with Crippen molar-refractivity contribution < 1.29 is 1.41 Å². The Morgan fingerprint density at radius 3 is 2.78 bits per heavy atom. The van der Waals surface area contributed by atoms with Crippen molar-refractivity contribution in [3.8, 4) is 0 Å². The van der Waals surface area contributed by atoms with Gasteiger partial charge in [0.15, 0.2) is 0 Å². The highest BCUT2D eigenvalue weighted by Crippen LogP contribution is 2.33. The first-order valence-electron chi connectivity index (χ1n) is 4.13. The average Bonchev–Trinajstić information content (AvgIpc) is 2.31. The number of rotatable bonds is 0. The minimum Gasteiger partial charge on any atom is -0.315 e. The van der Waals surface area contributed by atoms with Crippen LogP contribution in [0, 0.1) is 0 Å². The molecule has 2 aliphatic rings. The number of nitrogens with one attached hydrogen (secondary N) is 1. The molecule has 0 bridgehead atoms. The molecule has 0 radical (unpaired) electrons. The van der Waals surface area contributed by atoms with Crippen LogP contribution in [0.4, 0.5) is 0 Å². The average molecular weight is 127 g/mol. The van der Waals surface area contributed by atoms with Crippen molar-refractivity contribution in [2.45, 2.75) is 18.4 Å². The second kappa shape index (κ2) is 1.70. The summed E-state index contributed by atoms with van der Waals surface area (Å²) in [7, 11) is 2.17. The van der Waals surface area contributed by atoms with E-state index in [1.165, 1.54) is 19.4 Å². The molecule has 2 nitrogen and oxygen atoms in total. The van der Waals surface area contributed by atoms with Crippen LogP contribution in [0.5, 0.6) is 0 Å². The number of likely N-dealkylation sites (tertiary alicyclic amines) is 1. The fraction of sp³-hybridized carbons (Fsp3) is 1.00. The molecule has 2 heterocycles. The monoisotopic (exact) mass is 127 g/mol. The van der Waals surface area contributed by atoms with Gasteiger partial charge in [-0.05, 0) is 26.4 Å². The van der Waals surface area contributed by atoms with Gasteiger partial charge in [0, 0.05) is 18.6 Å². The Labute approximate surface area is 57.7 Å². The van der Waals surface area contributed by atoms with Gasteiger partial charge >= 0.3 is 0 Å². The van der Waals surface area contributed by atoms with Crippen LogP contribution in [0.1, 0.15) is 12.8 Å². The lowest BCUT2D eigenvalue weighted by atomic mass is 9.85. The van der Waals surface area contributed by atoms with E-state index < -0.39 is 0 Å². The number of hydrogen-bond donors (Lipinski definition) is 1. The summed E-state index contributed by atoms with van der Waals surface area (Å²) in [6.45, 7) is 3.15. The molecule has 1 N–H and O–H groups in total. The maximum absolute atomic E-state index is 7.42. The maximum atomic E-state index is 7.42. The van der Waals surface area contributed by atoms with Gasteiger partial charge in [-0.25, -0.2) is 0 Å². The molecular weight excluding hydrogens is 112 g/mol. The molecule has 1 atom stereocenters. The van der Waals surface area contributed by atoms with E-state index in [0.29, 0.717) is 5.54 Å². The molecule has 2 heteroatoms. The Balaban J connectivity index is 2.04. The standard InChI is InChI=1S/C7H14N2/c1-9-5-3-7(9)2-4-8-6-7/h8H,2-6H2,1H3/i/hD. The van der Waals surface area contributed by atoms with Crippen molar-refractivity contribution in [1.29, 1.82) is 0 Å². The van der Waals surface area contributed by atoms with Crippen molar-refractivity contribution in [3.63, 3.8) is 0 Å². The minimum absolute atomic E-state index is 0.418. The minimum atomic E-state index is 0.418. The van der Waals surface area contributed by atoms with Gasteiger partial charge in [-0.2, -0.15) is 0 Å². The lowest BCUT2D eigenvalue weighted by molar-refractivity contribution is 0.0292. The van der Waals surface area contributed by atoms with Crippen LogP contribution < -0.4 is 5.31 Å². The lowest BCUT2D eigenvalue weighted by Crippen LogP contribution is -2.58. The first-order chi connectivity index (χ1) is 4.73. The van der Waals surface area contributed by atoms with Crippen LogP contribution in [0.15, 0.2) is 0 Å². The number of nitrogens with zero attached hydrogens (tertiary/aromatic N) is 1. The zero-order chi connectivity index (χ0) is 7.19. The highest BCUT2D eigenvalue weighted by Gasteiger charge is 2.43. The molecule has 2 rings (SSSR count). The summed E-state index contributed by atoms with van der Waals surface area (Å²) < 4.78 is 7.42. The highest BCUT2D eigenvalue weighted by atomic mass is 15.3. The molecule has 1 unspecified atom stereocenters. The van der Waals surface area contributed by atoms with Crippen LogP contribution in [-0.4, -0.2) is 37.1 Å². The Morgan fingerprint density at radius 1 is 1.67 bits per heavy atom. The van der Waals surface area contributed by atoms with Crippen LogP contribution in [0.25, 0.3) is 0 Å². The molecule has 0 aromatic carbocycles. The summed E-state index contributed by atoms with van der Waals surface area (Å²) in [6.07, 6.45) is 2.51. The van der Waals surface area contributed by atoms with E-state index in [-0.39, 0.29) is 0 Å². The molecule has 2 aliphatic heterocycles. The highest BCUT2D eigenvalue weighted by molar-refractivity contribution is 5.03. The Kier molecular flexibility index (Phi) is 0.888. The molecule has 0 aliphatic carbocycles. The molecular formula is C7H14N2. The molecule has 1 spiro atoms. The molecule has 0 aromatic heterocycles. The number of likely N-dealkylation sites (N-methyl/N-ethyl adjacent to an activating group) is 1. The van der Waals surface area contributed by atoms with E-state index in [1.54, 1.807) is 5.31 Å². The fourth-order valence-corrected chi connectivity index (χ4v) is 1.82. The molecule has 52 valence electrons. The van der Waals surface area contributed by atoms with Crippen LogP contribution in [0.3, 0.4) is 0 Å². The molecule has 0 saturated carbocycles. The van der Waals surface area contributed by atoms with E-state index in [0.717, 1.165) is 13.1 Å². The van der Waals surface area contributed by atoms with Gasteiger partial charge in [-0.3, -0.25) is 4.90 Å². The van der Waals surface area contributed by atoms with E-state index in [1.807, 2.05) is 0 Å².